The summed E-state index contributed by atoms with van der Waals surface area (Å²) in [4.78, 5) is 26.3. The fourth-order valence-corrected chi connectivity index (χ4v) is 1.23. The first kappa shape index (κ1) is 13.4. The molecular weight excluding hydrogens is 248 g/mol. The molecule has 17 heavy (non-hydrogen) atoms. The molecule has 0 fully saturated rings. The highest BCUT2D eigenvalue weighted by Crippen LogP contribution is 2.20. The molecule has 6 nitrogen and oxygen atoms in total. The van der Waals surface area contributed by atoms with Crippen LogP contribution in [0.4, 0.5) is 5.69 Å². The highest BCUT2D eigenvalue weighted by Gasteiger charge is 2.12. The molecule has 0 aliphatic heterocycles. The number of nitrogens with zero attached hydrogens (tertiary/aromatic N) is 1. The first-order valence-electron chi connectivity index (χ1n) is 4.61. The zero-order valence-electron chi connectivity index (χ0n) is 9.32. The molecule has 1 heterocycles. The van der Waals surface area contributed by atoms with Crippen molar-refractivity contribution in [3.63, 3.8) is 0 Å². The minimum Gasteiger partial charge on any atom is -0.465 e. The maximum Gasteiger partial charge on any atom is 0.339 e. The third kappa shape index (κ3) is 3.69. The van der Waals surface area contributed by atoms with Crippen LogP contribution in [-0.2, 0) is 14.3 Å². The van der Waals surface area contributed by atoms with Crippen molar-refractivity contribution in [2.45, 2.75) is 0 Å². The zero-order valence-corrected chi connectivity index (χ0v) is 10.1. The number of anilines is 1. The number of carbonyl (C=O) groups excluding carboxylic acids is 2. The SMILES string of the molecule is COCC(=O)Nc1cc(C(=O)OC)cnc1Cl. The van der Waals surface area contributed by atoms with Crippen molar-refractivity contribution in [2.75, 3.05) is 26.1 Å². The highest BCUT2D eigenvalue weighted by molar-refractivity contribution is 6.32. The van der Waals surface area contributed by atoms with E-state index < -0.39 is 11.9 Å². The number of carbonyl (C=O) groups is 2. The molecule has 92 valence electrons. The molecule has 0 bridgehead atoms. The fraction of sp³-hybridized carbons (Fsp3) is 0.300. The molecule has 1 rings (SSSR count). The monoisotopic (exact) mass is 258 g/mol. The van der Waals surface area contributed by atoms with Gasteiger partial charge in [0.25, 0.3) is 0 Å². The summed E-state index contributed by atoms with van der Waals surface area (Å²) in [5.41, 5.74) is 0.432. The van der Waals surface area contributed by atoms with Gasteiger partial charge in [-0.05, 0) is 6.07 Å². The second kappa shape index (κ2) is 6.17. The molecule has 7 heteroatoms. The lowest BCUT2D eigenvalue weighted by molar-refractivity contribution is -0.119. The van der Waals surface area contributed by atoms with E-state index in [1.54, 1.807) is 0 Å². The Hall–Kier alpha value is -1.66. The van der Waals surface area contributed by atoms with Gasteiger partial charge >= 0.3 is 5.97 Å². The minimum absolute atomic E-state index is 0.0853. The number of rotatable bonds is 4. The molecule has 1 amide bonds. The number of hydrogen-bond donors (Lipinski definition) is 1. The normalized spacial score (nSPS) is 9.82. The summed E-state index contributed by atoms with van der Waals surface area (Å²) < 4.78 is 9.17. The molecule has 0 saturated heterocycles. The van der Waals surface area contributed by atoms with Crippen molar-refractivity contribution >= 4 is 29.2 Å². The van der Waals surface area contributed by atoms with Crippen LogP contribution in [0.1, 0.15) is 10.4 Å². The first-order valence-corrected chi connectivity index (χ1v) is 4.99. The summed E-state index contributed by atoms with van der Waals surface area (Å²) in [6, 6.07) is 1.38. The van der Waals surface area contributed by atoms with E-state index in [-0.39, 0.29) is 23.0 Å². The van der Waals surface area contributed by atoms with Crippen LogP contribution >= 0.6 is 11.6 Å². The van der Waals surface area contributed by atoms with Gasteiger partial charge in [0.1, 0.15) is 6.61 Å². The lowest BCUT2D eigenvalue weighted by Gasteiger charge is -2.07. The van der Waals surface area contributed by atoms with Gasteiger partial charge < -0.3 is 14.8 Å². The maximum atomic E-state index is 11.3. The molecule has 0 spiro atoms. The summed E-state index contributed by atoms with van der Waals surface area (Å²) >= 11 is 5.77. The van der Waals surface area contributed by atoms with E-state index in [9.17, 15) is 9.59 Å². The zero-order chi connectivity index (χ0) is 12.8. The summed E-state index contributed by atoms with van der Waals surface area (Å²) in [5.74, 6) is -0.949. The summed E-state index contributed by atoms with van der Waals surface area (Å²) in [6.07, 6.45) is 1.26. The Balaban J connectivity index is 2.90. The lowest BCUT2D eigenvalue weighted by Crippen LogP contribution is -2.18. The molecule has 1 aromatic rings. The standard InChI is InChI=1S/C10H11ClN2O4/c1-16-5-8(14)13-7-3-6(10(15)17-2)4-12-9(7)11/h3-4H,5H2,1-2H3,(H,13,14). The highest BCUT2D eigenvalue weighted by atomic mass is 35.5. The van der Waals surface area contributed by atoms with E-state index in [2.05, 4.69) is 19.8 Å². The minimum atomic E-state index is -0.559. The van der Waals surface area contributed by atoms with E-state index in [1.165, 1.54) is 26.5 Å². The average molecular weight is 259 g/mol. The first-order chi connectivity index (χ1) is 8.08. The van der Waals surface area contributed by atoms with Gasteiger partial charge in [0.2, 0.25) is 5.91 Å². The Labute approximate surface area is 103 Å². The van der Waals surface area contributed by atoms with Gasteiger partial charge in [0.15, 0.2) is 5.15 Å². The van der Waals surface area contributed by atoms with Crippen LogP contribution in [0.5, 0.6) is 0 Å². The van der Waals surface area contributed by atoms with Gasteiger partial charge in [-0.25, -0.2) is 9.78 Å². The topological polar surface area (TPSA) is 77.5 Å². The molecule has 0 radical (unpaired) electrons. The molecular formula is C10H11ClN2O4. The smallest absolute Gasteiger partial charge is 0.339 e. The third-order valence-electron chi connectivity index (χ3n) is 1.81. The Morgan fingerprint density at radius 3 is 2.76 bits per heavy atom. The molecule has 1 aromatic heterocycles. The second-order valence-electron chi connectivity index (χ2n) is 3.04. The van der Waals surface area contributed by atoms with Crippen LogP contribution in [0.3, 0.4) is 0 Å². The quantitative estimate of drug-likeness (QED) is 0.647. The molecule has 0 aromatic carbocycles. The third-order valence-corrected chi connectivity index (χ3v) is 2.11. The van der Waals surface area contributed by atoms with Gasteiger partial charge in [-0.3, -0.25) is 4.79 Å². The molecule has 1 N–H and O–H groups in total. The van der Waals surface area contributed by atoms with E-state index in [1.807, 2.05) is 0 Å². The number of nitrogens with one attached hydrogen (secondary N) is 1. The van der Waals surface area contributed by atoms with Crippen molar-refractivity contribution in [1.29, 1.82) is 0 Å². The van der Waals surface area contributed by atoms with E-state index >= 15 is 0 Å². The van der Waals surface area contributed by atoms with Gasteiger partial charge in [0, 0.05) is 13.3 Å². The van der Waals surface area contributed by atoms with Gasteiger partial charge in [-0.1, -0.05) is 11.6 Å². The number of methoxy groups -OCH3 is 2. The Kier molecular flexibility index (Phi) is 4.86. The van der Waals surface area contributed by atoms with Crippen molar-refractivity contribution in [3.8, 4) is 0 Å². The van der Waals surface area contributed by atoms with Crippen LogP contribution in [0, 0.1) is 0 Å². The van der Waals surface area contributed by atoms with Gasteiger partial charge in [-0.15, -0.1) is 0 Å². The molecule has 0 aliphatic rings. The number of esters is 1. The molecule has 0 atom stereocenters. The van der Waals surface area contributed by atoms with Crippen molar-refractivity contribution in [2.24, 2.45) is 0 Å². The maximum absolute atomic E-state index is 11.3. The summed E-state index contributed by atoms with van der Waals surface area (Å²) in [5, 5.41) is 2.55. The van der Waals surface area contributed by atoms with Crippen molar-refractivity contribution < 1.29 is 19.1 Å². The second-order valence-corrected chi connectivity index (χ2v) is 3.39. The predicted molar refractivity (Wildman–Crippen MR) is 61.1 cm³/mol. The molecule has 0 saturated carbocycles. The number of aromatic nitrogens is 1. The molecule has 0 unspecified atom stereocenters. The number of halogens is 1. The van der Waals surface area contributed by atoms with E-state index in [0.29, 0.717) is 0 Å². The average Bonchev–Trinajstić information content (AvgIpc) is 2.31. The van der Waals surface area contributed by atoms with Gasteiger partial charge in [0.05, 0.1) is 18.4 Å². The molecule has 0 aliphatic carbocycles. The number of amides is 1. The summed E-state index contributed by atoms with van der Waals surface area (Å²) in [6.45, 7) is -0.112. The Bertz CT molecular complexity index is 436. The van der Waals surface area contributed by atoms with Crippen LogP contribution in [0.15, 0.2) is 12.3 Å². The number of pyridine rings is 1. The van der Waals surface area contributed by atoms with Crippen LogP contribution in [-0.4, -0.2) is 37.7 Å². The van der Waals surface area contributed by atoms with Crippen LogP contribution in [0.25, 0.3) is 0 Å². The number of ether oxygens (including phenoxy) is 2. The predicted octanol–water partition coefficient (Wildman–Crippen LogP) is 1.11. The van der Waals surface area contributed by atoms with Crippen LogP contribution < -0.4 is 5.32 Å². The Morgan fingerprint density at radius 2 is 2.18 bits per heavy atom. The van der Waals surface area contributed by atoms with E-state index in [4.69, 9.17) is 11.6 Å². The van der Waals surface area contributed by atoms with Crippen molar-refractivity contribution in [1.82, 2.24) is 4.98 Å². The van der Waals surface area contributed by atoms with E-state index in [0.717, 1.165) is 0 Å². The number of hydrogen-bond acceptors (Lipinski definition) is 5. The lowest BCUT2D eigenvalue weighted by atomic mass is 10.2. The van der Waals surface area contributed by atoms with Crippen molar-refractivity contribution in [3.05, 3.63) is 23.0 Å². The summed E-state index contributed by atoms with van der Waals surface area (Å²) in [7, 11) is 2.64. The Morgan fingerprint density at radius 1 is 1.47 bits per heavy atom. The van der Waals surface area contributed by atoms with Gasteiger partial charge in [-0.2, -0.15) is 0 Å². The largest absolute Gasteiger partial charge is 0.465 e. The van der Waals surface area contributed by atoms with Crippen LogP contribution in [0.2, 0.25) is 5.15 Å². The fourth-order valence-electron chi connectivity index (χ4n) is 1.08.